The van der Waals surface area contributed by atoms with E-state index in [0.717, 1.165) is 5.69 Å². The molecular weight excluding hydrogens is 142 g/mol. The lowest BCUT2D eigenvalue weighted by Crippen LogP contribution is -1.97. The number of nitrogens with two attached hydrogens (primary N) is 1. The number of aromatic nitrogens is 2. The maximum atomic E-state index is 5.56. The smallest absolute Gasteiger partial charge is 0.121 e. The molecule has 0 spiro atoms. The first kappa shape index (κ1) is 8.07. The van der Waals surface area contributed by atoms with Gasteiger partial charge in [-0.15, -0.1) is 0 Å². The van der Waals surface area contributed by atoms with Crippen molar-refractivity contribution < 1.29 is 4.74 Å². The van der Waals surface area contributed by atoms with E-state index in [0.29, 0.717) is 19.0 Å². The van der Waals surface area contributed by atoms with Crippen LogP contribution < -0.4 is 5.73 Å². The molecule has 0 unspecified atom stereocenters. The minimum Gasteiger partial charge on any atom is -0.384 e. The molecule has 0 bridgehead atoms. The molecule has 1 aromatic rings. The number of rotatable bonds is 3. The first-order chi connectivity index (χ1) is 5.24. The Bertz CT molecular complexity index is 212. The van der Waals surface area contributed by atoms with Crippen molar-refractivity contribution in [2.45, 2.75) is 13.5 Å². The Morgan fingerprint density at radius 1 is 1.73 bits per heavy atom. The first-order valence-corrected chi connectivity index (χ1v) is 3.60. The van der Waals surface area contributed by atoms with Crippen molar-refractivity contribution in [3.05, 3.63) is 11.8 Å². The van der Waals surface area contributed by atoms with Gasteiger partial charge in [-0.2, -0.15) is 5.10 Å². The van der Waals surface area contributed by atoms with Crippen LogP contribution in [0.3, 0.4) is 0 Å². The molecule has 2 N–H and O–H groups in total. The number of nitrogens with zero attached hydrogens (tertiary/aromatic N) is 2. The lowest BCUT2D eigenvalue weighted by atomic mass is 10.4. The summed E-state index contributed by atoms with van der Waals surface area (Å²) in [7, 11) is 1.81. The summed E-state index contributed by atoms with van der Waals surface area (Å²) < 4.78 is 6.79. The summed E-state index contributed by atoms with van der Waals surface area (Å²) in [5.41, 5.74) is 6.44. The Balaban J connectivity index is 2.58. The van der Waals surface area contributed by atoms with Crippen LogP contribution in [0.4, 0.5) is 5.82 Å². The Kier molecular flexibility index (Phi) is 2.48. The van der Waals surface area contributed by atoms with E-state index in [2.05, 4.69) is 5.10 Å². The van der Waals surface area contributed by atoms with Crippen LogP contribution in [0, 0.1) is 0 Å². The molecule has 0 amide bonds. The molecule has 0 saturated carbocycles. The van der Waals surface area contributed by atoms with Gasteiger partial charge in [-0.25, -0.2) is 0 Å². The monoisotopic (exact) mass is 155 g/mol. The van der Waals surface area contributed by atoms with E-state index in [1.54, 1.807) is 4.68 Å². The highest BCUT2D eigenvalue weighted by molar-refractivity contribution is 5.29. The first-order valence-electron chi connectivity index (χ1n) is 3.60. The maximum absolute atomic E-state index is 5.56. The number of ether oxygens (including phenoxy) is 1. The van der Waals surface area contributed by atoms with Gasteiger partial charge < -0.3 is 10.5 Å². The van der Waals surface area contributed by atoms with E-state index in [1.165, 1.54) is 0 Å². The third-order valence-corrected chi connectivity index (χ3v) is 1.42. The van der Waals surface area contributed by atoms with Gasteiger partial charge in [0.05, 0.1) is 12.3 Å². The summed E-state index contributed by atoms with van der Waals surface area (Å²) in [4.78, 5) is 0. The molecule has 0 radical (unpaired) electrons. The molecule has 0 aliphatic heterocycles. The van der Waals surface area contributed by atoms with Crippen LogP contribution in [-0.2, 0) is 18.4 Å². The summed E-state index contributed by atoms with van der Waals surface area (Å²) >= 11 is 0. The molecular formula is C7H13N3O. The zero-order valence-electron chi connectivity index (χ0n) is 6.87. The van der Waals surface area contributed by atoms with Crippen molar-refractivity contribution in [2.75, 3.05) is 12.3 Å². The quantitative estimate of drug-likeness (QED) is 0.693. The maximum Gasteiger partial charge on any atom is 0.121 e. The molecule has 11 heavy (non-hydrogen) atoms. The second-order valence-corrected chi connectivity index (χ2v) is 2.32. The van der Waals surface area contributed by atoms with Crippen molar-refractivity contribution in [3.8, 4) is 0 Å². The van der Waals surface area contributed by atoms with Crippen LogP contribution in [0.2, 0.25) is 0 Å². The number of nitrogen functional groups attached to an aromatic ring is 1. The van der Waals surface area contributed by atoms with Gasteiger partial charge in [-0.05, 0) is 6.92 Å². The molecule has 0 fully saturated rings. The molecule has 0 aliphatic rings. The highest BCUT2D eigenvalue weighted by Crippen LogP contribution is 2.04. The van der Waals surface area contributed by atoms with Gasteiger partial charge >= 0.3 is 0 Å². The summed E-state index contributed by atoms with van der Waals surface area (Å²) in [6.45, 7) is 3.20. The molecule has 62 valence electrons. The fraction of sp³-hybridized carbons (Fsp3) is 0.571. The van der Waals surface area contributed by atoms with Gasteiger partial charge in [0.1, 0.15) is 5.82 Å². The predicted octanol–water partition coefficient (Wildman–Crippen LogP) is 0.539. The van der Waals surface area contributed by atoms with Crippen molar-refractivity contribution in [2.24, 2.45) is 7.05 Å². The summed E-state index contributed by atoms with van der Waals surface area (Å²) in [6.07, 6.45) is 0. The Morgan fingerprint density at radius 2 is 2.45 bits per heavy atom. The molecule has 0 aliphatic carbocycles. The number of hydrogen-bond acceptors (Lipinski definition) is 3. The highest BCUT2D eigenvalue weighted by Gasteiger charge is 1.99. The van der Waals surface area contributed by atoms with E-state index in [-0.39, 0.29) is 0 Å². The SMILES string of the molecule is CCOCc1cc(N)n(C)n1. The van der Waals surface area contributed by atoms with Gasteiger partial charge in [0.2, 0.25) is 0 Å². The molecule has 4 heteroatoms. The molecule has 0 atom stereocenters. The summed E-state index contributed by atoms with van der Waals surface area (Å²) in [5.74, 6) is 0.666. The minimum atomic E-state index is 0.543. The fourth-order valence-electron chi connectivity index (χ4n) is 0.821. The fourth-order valence-corrected chi connectivity index (χ4v) is 0.821. The van der Waals surface area contributed by atoms with Crippen LogP contribution in [0.5, 0.6) is 0 Å². The molecule has 0 saturated heterocycles. The van der Waals surface area contributed by atoms with E-state index in [9.17, 15) is 0 Å². The zero-order valence-corrected chi connectivity index (χ0v) is 6.87. The molecule has 1 heterocycles. The highest BCUT2D eigenvalue weighted by atomic mass is 16.5. The average molecular weight is 155 g/mol. The summed E-state index contributed by atoms with van der Waals surface area (Å²) in [6, 6.07) is 1.82. The van der Waals surface area contributed by atoms with Crippen LogP contribution in [0.1, 0.15) is 12.6 Å². The van der Waals surface area contributed by atoms with Gasteiger partial charge in [-0.3, -0.25) is 4.68 Å². The minimum absolute atomic E-state index is 0.543. The third kappa shape index (κ3) is 1.94. The topological polar surface area (TPSA) is 53.1 Å². The van der Waals surface area contributed by atoms with E-state index >= 15 is 0 Å². The normalized spacial score (nSPS) is 10.4. The standard InChI is InChI=1S/C7H13N3O/c1-3-11-5-6-4-7(8)10(2)9-6/h4H,3,5,8H2,1-2H3. The summed E-state index contributed by atoms with van der Waals surface area (Å²) in [5, 5.41) is 4.11. The zero-order chi connectivity index (χ0) is 8.27. The van der Waals surface area contributed by atoms with Crippen molar-refractivity contribution in [1.29, 1.82) is 0 Å². The van der Waals surface area contributed by atoms with Gasteiger partial charge in [-0.1, -0.05) is 0 Å². The second kappa shape index (κ2) is 3.39. The van der Waals surface area contributed by atoms with Crippen LogP contribution in [0.25, 0.3) is 0 Å². The largest absolute Gasteiger partial charge is 0.384 e. The number of aryl methyl sites for hydroxylation is 1. The Morgan fingerprint density at radius 3 is 2.91 bits per heavy atom. The molecule has 4 nitrogen and oxygen atoms in total. The van der Waals surface area contributed by atoms with Gasteiger partial charge in [0.25, 0.3) is 0 Å². The van der Waals surface area contributed by atoms with Gasteiger partial charge in [0, 0.05) is 19.7 Å². The van der Waals surface area contributed by atoms with Crippen molar-refractivity contribution in [1.82, 2.24) is 9.78 Å². The Hall–Kier alpha value is -1.03. The van der Waals surface area contributed by atoms with Gasteiger partial charge in [0.15, 0.2) is 0 Å². The number of hydrogen-bond donors (Lipinski definition) is 1. The lowest BCUT2D eigenvalue weighted by molar-refractivity contribution is 0.131. The van der Waals surface area contributed by atoms with Crippen molar-refractivity contribution >= 4 is 5.82 Å². The second-order valence-electron chi connectivity index (χ2n) is 2.32. The van der Waals surface area contributed by atoms with E-state index < -0.39 is 0 Å². The van der Waals surface area contributed by atoms with Crippen molar-refractivity contribution in [3.63, 3.8) is 0 Å². The third-order valence-electron chi connectivity index (χ3n) is 1.42. The lowest BCUT2D eigenvalue weighted by Gasteiger charge is -1.94. The molecule has 1 aromatic heterocycles. The molecule has 0 aromatic carbocycles. The van der Waals surface area contributed by atoms with E-state index in [4.69, 9.17) is 10.5 Å². The average Bonchev–Trinajstić information content (AvgIpc) is 2.28. The van der Waals surface area contributed by atoms with Crippen LogP contribution in [-0.4, -0.2) is 16.4 Å². The Labute approximate surface area is 66.0 Å². The van der Waals surface area contributed by atoms with Crippen LogP contribution >= 0.6 is 0 Å². The number of anilines is 1. The van der Waals surface area contributed by atoms with E-state index in [1.807, 2.05) is 20.0 Å². The predicted molar refractivity (Wildman–Crippen MR) is 43.0 cm³/mol. The van der Waals surface area contributed by atoms with Crippen LogP contribution in [0.15, 0.2) is 6.07 Å². The molecule has 1 rings (SSSR count).